The summed E-state index contributed by atoms with van der Waals surface area (Å²) in [7, 11) is 0. The van der Waals surface area contributed by atoms with Gasteiger partial charge >= 0.3 is 5.97 Å². The highest BCUT2D eigenvalue weighted by Crippen LogP contribution is 2.35. The Bertz CT molecular complexity index is 896. The number of carboxylic acids is 1. The van der Waals surface area contributed by atoms with E-state index in [0.29, 0.717) is 5.02 Å². The van der Waals surface area contributed by atoms with E-state index in [4.69, 9.17) is 16.6 Å². The van der Waals surface area contributed by atoms with Crippen LogP contribution in [0, 0.1) is 0 Å². The van der Waals surface area contributed by atoms with E-state index in [1.807, 2.05) is 24.3 Å². The lowest BCUT2D eigenvalue weighted by Gasteiger charge is -2.12. The lowest BCUT2D eigenvalue weighted by molar-refractivity contribution is -0.136. The molecule has 2 aromatic heterocycles. The fourth-order valence-corrected chi connectivity index (χ4v) is 4.59. The first-order chi connectivity index (χ1) is 11.1. The van der Waals surface area contributed by atoms with E-state index in [1.165, 1.54) is 17.0 Å². The number of thiazole rings is 1. The first-order valence-corrected chi connectivity index (χ1v) is 8.82. The van der Waals surface area contributed by atoms with Gasteiger partial charge in [0, 0.05) is 21.2 Å². The Morgan fingerprint density at radius 3 is 2.74 bits per heavy atom. The number of rotatable bonds is 3. The number of imidazole rings is 1. The number of nitrogens with zero attached hydrogens (tertiary/aromatic N) is 2. The van der Waals surface area contributed by atoms with Crippen LogP contribution in [-0.2, 0) is 24.1 Å². The monoisotopic (exact) mass is 346 g/mol. The number of aryl methyl sites for hydroxylation is 2. The summed E-state index contributed by atoms with van der Waals surface area (Å²) in [6, 6.07) is 7.41. The number of aromatic nitrogens is 2. The second kappa shape index (κ2) is 5.65. The van der Waals surface area contributed by atoms with Gasteiger partial charge in [-0.05, 0) is 37.8 Å². The molecule has 118 valence electrons. The third-order valence-electron chi connectivity index (χ3n) is 4.25. The minimum absolute atomic E-state index is 0.0255. The molecule has 1 aliphatic rings. The average molecular weight is 347 g/mol. The molecule has 1 N–H and O–H groups in total. The van der Waals surface area contributed by atoms with E-state index in [2.05, 4.69) is 4.40 Å². The molecule has 0 aliphatic heterocycles. The van der Waals surface area contributed by atoms with Crippen LogP contribution in [0.25, 0.3) is 16.2 Å². The highest BCUT2D eigenvalue weighted by Gasteiger charge is 2.24. The predicted molar refractivity (Wildman–Crippen MR) is 91.5 cm³/mol. The van der Waals surface area contributed by atoms with Crippen LogP contribution in [0.3, 0.4) is 0 Å². The van der Waals surface area contributed by atoms with Crippen molar-refractivity contribution in [3.63, 3.8) is 0 Å². The molecule has 3 aromatic rings. The number of halogens is 1. The van der Waals surface area contributed by atoms with Gasteiger partial charge in [0.25, 0.3) is 0 Å². The number of carbonyl (C=O) groups is 1. The Morgan fingerprint density at radius 1 is 1.26 bits per heavy atom. The molecule has 0 spiro atoms. The highest BCUT2D eigenvalue weighted by atomic mass is 35.5. The molecule has 4 rings (SSSR count). The Kier molecular flexibility index (Phi) is 3.62. The number of fused-ring (bicyclic) bond motifs is 3. The van der Waals surface area contributed by atoms with E-state index >= 15 is 0 Å². The smallest absolute Gasteiger partial charge is 0.309 e. The predicted octanol–water partition coefficient (Wildman–Crippen LogP) is 4.22. The van der Waals surface area contributed by atoms with E-state index < -0.39 is 5.97 Å². The van der Waals surface area contributed by atoms with Crippen LogP contribution in [0.15, 0.2) is 24.3 Å². The lowest BCUT2D eigenvalue weighted by Crippen LogP contribution is -2.09. The van der Waals surface area contributed by atoms with E-state index in [-0.39, 0.29) is 6.42 Å². The van der Waals surface area contributed by atoms with Crippen molar-refractivity contribution in [1.29, 1.82) is 0 Å². The van der Waals surface area contributed by atoms with Gasteiger partial charge in [-0.3, -0.25) is 9.20 Å². The van der Waals surface area contributed by atoms with Gasteiger partial charge in [0.1, 0.15) is 0 Å². The number of hydrogen-bond acceptors (Lipinski definition) is 3. The molecular weight excluding hydrogens is 332 g/mol. The molecule has 0 fully saturated rings. The molecule has 1 aromatic carbocycles. The summed E-state index contributed by atoms with van der Waals surface area (Å²) in [6.45, 7) is 0. The summed E-state index contributed by atoms with van der Waals surface area (Å²) in [5.74, 6) is -0.835. The maximum Gasteiger partial charge on any atom is 0.309 e. The topological polar surface area (TPSA) is 54.6 Å². The molecule has 0 atom stereocenters. The second-order valence-electron chi connectivity index (χ2n) is 5.78. The SMILES string of the molecule is O=C(O)Cc1c(-c2ccc(Cl)cc2)nc2sc3c(n12)CCCC3. The first-order valence-electron chi connectivity index (χ1n) is 7.63. The van der Waals surface area contributed by atoms with Crippen LogP contribution in [-0.4, -0.2) is 20.5 Å². The second-order valence-corrected chi connectivity index (χ2v) is 7.28. The lowest BCUT2D eigenvalue weighted by atomic mass is 10.0. The Labute approximate surface area is 142 Å². The van der Waals surface area contributed by atoms with E-state index in [0.717, 1.165) is 41.2 Å². The average Bonchev–Trinajstić information content (AvgIpc) is 3.05. The summed E-state index contributed by atoms with van der Waals surface area (Å²) >= 11 is 7.65. The normalized spacial score (nSPS) is 14.1. The van der Waals surface area contributed by atoms with Gasteiger partial charge < -0.3 is 5.11 Å². The molecule has 6 heteroatoms. The minimum atomic E-state index is -0.835. The molecule has 0 amide bonds. The standard InChI is InChI=1S/C17H15ClN2O2S/c18-11-7-5-10(6-8-11)16-13(9-15(21)22)20-12-3-1-2-4-14(12)23-17(20)19-16/h5-8H,1-4,9H2,(H,21,22). The fraction of sp³-hybridized carbons (Fsp3) is 0.294. The zero-order chi connectivity index (χ0) is 16.0. The van der Waals surface area contributed by atoms with Crippen LogP contribution in [0.1, 0.15) is 29.1 Å². The van der Waals surface area contributed by atoms with Gasteiger partial charge in [0.2, 0.25) is 0 Å². The molecule has 4 nitrogen and oxygen atoms in total. The van der Waals surface area contributed by atoms with E-state index in [1.54, 1.807) is 11.3 Å². The van der Waals surface area contributed by atoms with E-state index in [9.17, 15) is 9.90 Å². The van der Waals surface area contributed by atoms with Crippen molar-refractivity contribution < 1.29 is 9.90 Å². The van der Waals surface area contributed by atoms with Crippen LogP contribution in [0.5, 0.6) is 0 Å². The van der Waals surface area contributed by atoms with Crippen LogP contribution in [0.4, 0.5) is 0 Å². The zero-order valence-electron chi connectivity index (χ0n) is 12.4. The van der Waals surface area contributed by atoms with Crippen LogP contribution in [0.2, 0.25) is 5.02 Å². The van der Waals surface area contributed by atoms with Crippen molar-refractivity contribution in [2.45, 2.75) is 32.1 Å². The maximum atomic E-state index is 11.4. The zero-order valence-corrected chi connectivity index (χ0v) is 14.0. The first kappa shape index (κ1) is 14.7. The molecule has 2 heterocycles. The third kappa shape index (κ3) is 2.54. The molecule has 1 aliphatic carbocycles. The summed E-state index contributed by atoms with van der Waals surface area (Å²) in [4.78, 5) is 18.4. The van der Waals surface area contributed by atoms with Crippen molar-refractivity contribution >= 4 is 33.9 Å². The number of aliphatic carboxylic acids is 1. The summed E-state index contributed by atoms with van der Waals surface area (Å²) < 4.78 is 2.08. The summed E-state index contributed by atoms with van der Waals surface area (Å²) in [6.07, 6.45) is 4.40. The summed E-state index contributed by atoms with van der Waals surface area (Å²) in [5, 5.41) is 10.0. The van der Waals surface area contributed by atoms with Gasteiger partial charge in [0.15, 0.2) is 4.96 Å². The molecule has 0 radical (unpaired) electrons. The Balaban J connectivity index is 1.94. The van der Waals surface area contributed by atoms with Gasteiger partial charge in [-0.2, -0.15) is 0 Å². The quantitative estimate of drug-likeness (QED) is 0.772. The van der Waals surface area contributed by atoms with Crippen molar-refractivity contribution in [3.8, 4) is 11.3 Å². The Hall–Kier alpha value is -1.85. The largest absolute Gasteiger partial charge is 0.481 e. The molecular formula is C17H15ClN2O2S. The molecule has 0 bridgehead atoms. The maximum absolute atomic E-state index is 11.4. The van der Waals surface area contributed by atoms with Crippen LogP contribution < -0.4 is 0 Å². The van der Waals surface area contributed by atoms with Crippen molar-refractivity contribution in [3.05, 3.63) is 45.6 Å². The van der Waals surface area contributed by atoms with Crippen molar-refractivity contribution in [2.75, 3.05) is 0 Å². The number of hydrogen-bond donors (Lipinski definition) is 1. The third-order valence-corrected chi connectivity index (χ3v) is 5.65. The molecule has 0 saturated heterocycles. The fourth-order valence-electron chi connectivity index (χ4n) is 3.24. The van der Waals surface area contributed by atoms with Crippen molar-refractivity contribution in [2.24, 2.45) is 0 Å². The van der Waals surface area contributed by atoms with Gasteiger partial charge in [-0.15, -0.1) is 11.3 Å². The van der Waals surface area contributed by atoms with Gasteiger partial charge in [-0.1, -0.05) is 23.7 Å². The van der Waals surface area contributed by atoms with Crippen LogP contribution >= 0.6 is 22.9 Å². The highest BCUT2D eigenvalue weighted by molar-refractivity contribution is 7.17. The number of carboxylic acid groups (broad SMARTS) is 1. The molecule has 0 saturated carbocycles. The van der Waals surface area contributed by atoms with Crippen molar-refractivity contribution in [1.82, 2.24) is 9.38 Å². The summed E-state index contributed by atoms with van der Waals surface area (Å²) in [5.41, 5.74) is 3.68. The van der Waals surface area contributed by atoms with Gasteiger partial charge in [-0.25, -0.2) is 4.98 Å². The Morgan fingerprint density at radius 2 is 2.00 bits per heavy atom. The molecule has 23 heavy (non-hydrogen) atoms. The molecule has 0 unspecified atom stereocenters. The number of benzene rings is 1. The minimum Gasteiger partial charge on any atom is -0.481 e. The van der Waals surface area contributed by atoms with Gasteiger partial charge in [0.05, 0.1) is 17.8 Å².